The molecule has 0 aromatic heterocycles. The van der Waals surface area contributed by atoms with Crippen molar-refractivity contribution in [3.63, 3.8) is 0 Å². The Morgan fingerprint density at radius 1 is 1.30 bits per heavy atom. The number of halogens is 5. The van der Waals surface area contributed by atoms with E-state index < -0.39 is 23.8 Å². The van der Waals surface area contributed by atoms with Crippen molar-refractivity contribution in [2.24, 2.45) is 0 Å². The van der Waals surface area contributed by atoms with E-state index in [-0.39, 0.29) is 12.2 Å². The average molecular weight is 397 g/mol. The minimum atomic E-state index is -5.08. The Balaban J connectivity index is 0.000000321. The molecule has 0 bridgehead atoms. The van der Waals surface area contributed by atoms with Gasteiger partial charge in [0.1, 0.15) is 0 Å². The molecule has 3 rings (SSSR count). The minimum Gasteiger partial charge on any atom is -0.475 e. The molecule has 2 aliphatic rings. The van der Waals surface area contributed by atoms with Crippen molar-refractivity contribution < 1.29 is 41.3 Å². The number of rotatable bonds is 3. The molecule has 3 atom stereocenters. The molecule has 10 heteroatoms. The normalized spacial score (nSPS) is 25.5. The summed E-state index contributed by atoms with van der Waals surface area (Å²) < 4.78 is 69.2. The van der Waals surface area contributed by atoms with Gasteiger partial charge in [-0.25, -0.2) is 13.6 Å². The second-order valence-electron chi connectivity index (χ2n) is 6.28. The number of hydrogen-bond donors (Lipinski definition) is 1. The molecule has 1 aromatic carbocycles. The van der Waals surface area contributed by atoms with Crippen molar-refractivity contribution in [1.82, 2.24) is 4.90 Å². The molecule has 1 aromatic rings. The van der Waals surface area contributed by atoms with E-state index in [4.69, 9.17) is 19.4 Å². The van der Waals surface area contributed by atoms with E-state index in [1.165, 1.54) is 12.1 Å². The van der Waals surface area contributed by atoms with E-state index >= 15 is 0 Å². The number of carbonyl (C=O) groups is 1. The van der Waals surface area contributed by atoms with Crippen LogP contribution in [0.3, 0.4) is 0 Å². The zero-order chi connectivity index (χ0) is 20.2. The second kappa shape index (κ2) is 8.94. The van der Waals surface area contributed by atoms with Crippen LogP contribution in [-0.4, -0.2) is 60.7 Å². The molecule has 27 heavy (non-hydrogen) atoms. The van der Waals surface area contributed by atoms with E-state index in [0.717, 1.165) is 24.9 Å². The lowest BCUT2D eigenvalue weighted by atomic mass is 10.1. The van der Waals surface area contributed by atoms with E-state index in [9.17, 15) is 22.0 Å². The van der Waals surface area contributed by atoms with Crippen LogP contribution >= 0.6 is 0 Å². The zero-order valence-corrected chi connectivity index (χ0v) is 14.5. The van der Waals surface area contributed by atoms with Gasteiger partial charge in [-0.15, -0.1) is 0 Å². The van der Waals surface area contributed by atoms with Gasteiger partial charge in [-0.1, -0.05) is 6.07 Å². The van der Waals surface area contributed by atoms with Gasteiger partial charge in [-0.2, -0.15) is 13.2 Å². The fraction of sp³-hybridized carbons (Fsp3) is 0.588. The number of carboxylic acids is 1. The van der Waals surface area contributed by atoms with Gasteiger partial charge in [-0.05, 0) is 30.5 Å². The predicted molar refractivity (Wildman–Crippen MR) is 84.0 cm³/mol. The van der Waals surface area contributed by atoms with Gasteiger partial charge in [0.25, 0.3) is 0 Å². The largest absolute Gasteiger partial charge is 0.490 e. The second-order valence-corrected chi connectivity index (χ2v) is 6.28. The van der Waals surface area contributed by atoms with Crippen molar-refractivity contribution in [2.45, 2.75) is 43.8 Å². The van der Waals surface area contributed by atoms with Crippen molar-refractivity contribution in [1.29, 1.82) is 0 Å². The minimum absolute atomic E-state index is 0.0963. The molecule has 0 amide bonds. The zero-order valence-electron chi connectivity index (χ0n) is 14.5. The lowest BCUT2D eigenvalue weighted by Crippen LogP contribution is -2.51. The number of hydrogen-bond acceptors (Lipinski definition) is 4. The summed E-state index contributed by atoms with van der Waals surface area (Å²) in [5.41, 5.74) is 0.797. The third-order valence-electron chi connectivity index (χ3n) is 4.57. The number of fused-ring (bicyclic) bond motifs is 1. The van der Waals surface area contributed by atoms with Gasteiger partial charge in [-0.3, -0.25) is 4.90 Å². The summed E-state index contributed by atoms with van der Waals surface area (Å²) in [5.74, 6) is -4.34. The molecule has 1 aliphatic heterocycles. The van der Waals surface area contributed by atoms with E-state index in [1.54, 1.807) is 13.2 Å². The summed E-state index contributed by atoms with van der Waals surface area (Å²) in [6.45, 7) is 2.10. The summed E-state index contributed by atoms with van der Waals surface area (Å²) in [6, 6.07) is 4.42. The molecular weight excluding hydrogens is 377 g/mol. The maximum atomic E-state index is 13.3. The number of benzene rings is 1. The van der Waals surface area contributed by atoms with Crippen LogP contribution in [0.4, 0.5) is 22.0 Å². The first kappa shape index (κ1) is 21.5. The van der Waals surface area contributed by atoms with Gasteiger partial charge in [0.15, 0.2) is 11.6 Å². The first-order valence-corrected chi connectivity index (χ1v) is 8.26. The highest BCUT2D eigenvalue weighted by Crippen LogP contribution is 2.32. The van der Waals surface area contributed by atoms with Gasteiger partial charge in [0.05, 0.1) is 18.8 Å². The van der Waals surface area contributed by atoms with Crippen LogP contribution in [-0.2, 0) is 20.8 Å². The highest BCUT2D eigenvalue weighted by atomic mass is 19.4. The summed E-state index contributed by atoms with van der Waals surface area (Å²) in [6.07, 6.45) is -2.83. The Bertz CT molecular complexity index is 655. The molecule has 0 radical (unpaired) electrons. The summed E-state index contributed by atoms with van der Waals surface area (Å²) >= 11 is 0. The molecular formula is C17H20F5NO4. The predicted octanol–water partition coefficient (Wildman–Crippen LogP) is 2.98. The SMILES string of the molecule is CO[C@@H]1CC[C@H]2[C@H]1OCCN2Cc1ccc(F)c(F)c1.O=C(O)C(F)(F)F. The number of methoxy groups -OCH3 is 1. The van der Waals surface area contributed by atoms with Crippen LogP contribution in [0, 0.1) is 11.6 Å². The Labute approximate surface area is 152 Å². The Morgan fingerprint density at radius 2 is 1.96 bits per heavy atom. The number of carboxylic acid groups (broad SMARTS) is 1. The first-order valence-electron chi connectivity index (χ1n) is 8.26. The fourth-order valence-electron chi connectivity index (χ4n) is 3.31. The third kappa shape index (κ3) is 5.60. The van der Waals surface area contributed by atoms with E-state index in [0.29, 0.717) is 19.2 Å². The number of nitrogens with zero attached hydrogens (tertiary/aromatic N) is 1. The number of morpholine rings is 1. The molecule has 1 N–H and O–H groups in total. The lowest BCUT2D eigenvalue weighted by Gasteiger charge is -2.38. The van der Waals surface area contributed by atoms with Gasteiger partial charge in [0, 0.05) is 26.2 Å². The first-order chi connectivity index (χ1) is 12.6. The molecule has 152 valence electrons. The van der Waals surface area contributed by atoms with Crippen LogP contribution in [0.1, 0.15) is 18.4 Å². The average Bonchev–Trinajstić information content (AvgIpc) is 3.02. The monoisotopic (exact) mass is 397 g/mol. The summed E-state index contributed by atoms with van der Waals surface area (Å²) in [4.78, 5) is 11.2. The highest BCUT2D eigenvalue weighted by molar-refractivity contribution is 5.73. The lowest BCUT2D eigenvalue weighted by molar-refractivity contribution is -0.192. The molecule has 1 saturated heterocycles. The van der Waals surface area contributed by atoms with Crippen molar-refractivity contribution in [2.75, 3.05) is 20.3 Å². The third-order valence-corrected chi connectivity index (χ3v) is 4.57. The van der Waals surface area contributed by atoms with Gasteiger partial charge < -0.3 is 14.6 Å². The van der Waals surface area contributed by atoms with Crippen LogP contribution < -0.4 is 0 Å². The van der Waals surface area contributed by atoms with Crippen LogP contribution in [0.2, 0.25) is 0 Å². The molecule has 5 nitrogen and oxygen atoms in total. The smallest absolute Gasteiger partial charge is 0.475 e. The molecule has 2 fully saturated rings. The van der Waals surface area contributed by atoms with Crippen LogP contribution in [0.25, 0.3) is 0 Å². The molecule has 1 heterocycles. The topological polar surface area (TPSA) is 59.0 Å². The fourth-order valence-corrected chi connectivity index (χ4v) is 3.31. The highest BCUT2D eigenvalue weighted by Gasteiger charge is 2.42. The molecule has 0 spiro atoms. The van der Waals surface area contributed by atoms with E-state index in [1.807, 2.05) is 0 Å². The summed E-state index contributed by atoms with van der Waals surface area (Å²) in [7, 11) is 1.71. The van der Waals surface area contributed by atoms with E-state index in [2.05, 4.69) is 4.90 Å². The Hall–Kier alpha value is -1.78. The maximum Gasteiger partial charge on any atom is 0.490 e. The molecule has 1 saturated carbocycles. The molecule has 0 unspecified atom stereocenters. The molecule has 1 aliphatic carbocycles. The Morgan fingerprint density at radius 3 is 2.52 bits per heavy atom. The van der Waals surface area contributed by atoms with Crippen LogP contribution in [0.5, 0.6) is 0 Å². The number of ether oxygens (including phenoxy) is 2. The quantitative estimate of drug-likeness (QED) is 0.795. The van der Waals surface area contributed by atoms with Crippen molar-refractivity contribution in [3.05, 3.63) is 35.4 Å². The standard InChI is InChI=1S/C15H19F2NO2.C2HF3O2/c1-19-14-5-4-13-15(14)20-7-6-18(13)9-10-2-3-11(16)12(17)8-10;3-2(4,5)1(6)7/h2-3,8,13-15H,4-7,9H2,1H3;(H,6,7)/t13-,14+,15+;/m0./s1. The Kier molecular flexibility index (Phi) is 7.12. The number of alkyl halides is 3. The number of aliphatic carboxylic acids is 1. The summed E-state index contributed by atoms with van der Waals surface area (Å²) in [5, 5.41) is 7.12. The van der Waals surface area contributed by atoms with Crippen molar-refractivity contribution in [3.8, 4) is 0 Å². The van der Waals surface area contributed by atoms with Crippen LogP contribution in [0.15, 0.2) is 18.2 Å². The van der Waals surface area contributed by atoms with Crippen molar-refractivity contribution >= 4 is 5.97 Å². The maximum absolute atomic E-state index is 13.3. The van der Waals surface area contributed by atoms with Gasteiger partial charge >= 0.3 is 12.1 Å². The van der Waals surface area contributed by atoms with Gasteiger partial charge in [0.2, 0.25) is 0 Å².